The third-order valence-electron chi connectivity index (χ3n) is 8.01. The van der Waals surface area contributed by atoms with E-state index in [0.29, 0.717) is 34.1 Å². The van der Waals surface area contributed by atoms with Crippen molar-refractivity contribution in [3.63, 3.8) is 0 Å². The van der Waals surface area contributed by atoms with Crippen molar-refractivity contribution in [2.75, 3.05) is 17.2 Å². The minimum absolute atomic E-state index is 0.0113. The van der Waals surface area contributed by atoms with Gasteiger partial charge in [-0.1, -0.05) is 42.6 Å². The zero-order chi connectivity index (χ0) is 31.4. The Morgan fingerprint density at radius 2 is 1.93 bits per heavy atom. The predicted molar refractivity (Wildman–Crippen MR) is 162 cm³/mol. The van der Waals surface area contributed by atoms with Crippen LogP contribution in [0.15, 0.2) is 60.8 Å². The Hall–Kier alpha value is -4.53. The number of halogens is 2. The van der Waals surface area contributed by atoms with E-state index in [-0.39, 0.29) is 24.5 Å². The van der Waals surface area contributed by atoms with E-state index < -0.39 is 41.4 Å². The van der Waals surface area contributed by atoms with Gasteiger partial charge in [0.25, 0.3) is 0 Å². The molecule has 44 heavy (non-hydrogen) atoms. The minimum atomic E-state index is -1.08. The third-order valence-corrected chi connectivity index (χ3v) is 8.23. The lowest BCUT2D eigenvalue weighted by Crippen LogP contribution is -2.45. The first kappa shape index (κ1) is 30.9. The normalized spacial score (nSPS) is 19.0. The van der Waals surface area contributed by atoms with Gasteiger partial charge in [0.1, 0.15) is 23.8 Å². The van der Waals surface area contributed by atoms with Crippen molar-refractivity contribution in [1.29, 1.82) is 5.26 Å². The molecule has 2 aromatic carbocycles. The fraction of sp³-hybridized carbons (Fsp3) is 0.344. The molecule has 2 aliphatic rings. The van der Waals surface area contributed by atoms with Crippen LogP contribution >= 0.6 is 11.6 Å². The average Bonchev–Trinajstić information content (AvgIpc) is 3.75. The molecule has 5 rings (SSSR count). The number of hydrogen-bond donors (Lipinski definition) is 3. The second-order valence-electron chi connectivity index (χ2n) is 11.3. The zero-order valence-corrected chi connectivity index (χ0v) is 24.8. The van der Waals surface area contributed by atoms with Crippen LogP contribution in [-0.2, 0) is 19.9 Å². The summed E-state index contributed by atoms with van der Waals surface area (Å²) in [6, 6.07) is 14.8. The number of nitrogens with one attached hydrogen (secondary N) is 2. The molecule has 0 bridgehead atoms. The lowest BCUT2D eigenvalue weighted by molar-refractivity contribution is -0.145. The number of aromatic nitrogens is 1. The monoisotopic (exact) mass is 618 g/mol. The number of likely N-dealkylation sites (tertiary alicyclic amines) is 1. The van der Waals surface area contributed by atoms with Gasteiger partial charge in [-0.2, -0.15) is 5.26 Å². The summed E-state index contributed by atoms with van der Waals surface area (Å²) in [5.74, 6) is -1.13. The molecule has 3 atom stereocenters. The summed E-state index contributed by atoms with van der Waals surface area (Å²) in [5, 5.41) is 15.1. The number of carbonyl (C=O) groups excluding carboxylic acids is 3. The number of nitriles is 1. The molecule has 3 amide bonds. The maximum Gasteiger partial charge on any atom is 0.323 e. The number of hydrogen-bond acceptors (Lipinski definition) is 7. The second-order valence-corrected chi connectivity index (χ2v) is 11.7. The molecule has 1 unspecified atom stereocenters. The van der Waals surface area contributed by atoms with E-state index in [4.69, 9.17) is 22.1 Å². The van der Waals surface area contributed by atoms with Gasteiger partial charge in [-0.3, -0.25) is 14.9 Å². The van der Waals surface area contributed by atoms with Gasteiger partial charge in [0.15, 0.2) is 0 Å². The number of nitrogens with zero attached hydrogens (tertiary/aromatic N) is 3. The fourth-order valence-electron chi connectivity index (χ4n) is 5.50. The van der Waals surface area contributed by atoms with E-state index in [1.54, 1.807) is 30.3 Å². The summed E-state index contributed by atoms with van der Waals surface area (Å²) in [5.41, 5.74) is 7.62. The van der Waals surface area contributed by atoms with Crippen molar-refractivity contribution in [1.82, 2.24) is 9.88 Å². The third kappa shape index (κ3) is 7.15. The van der Waals surface area contributed by atoms with Crippen molar-refractivity contribution in [3.05, 3.63) is 88.3 Å². The minimum Gasteiger partial charge on any atom is -0.461 e. The van der Waals surface area contributed by atoms with Gasteiger partial charge < -0.3 is 20.7 Å². The summed E-state index contributed by atoms with van der Waals surface area (Å²) in [7, 11) is 0. The second kappa shape index (κ2) is 13.0. The van der Waals surface area contributed by atoms with E-state index in [9.17, 15) is 19.6 Å². The predicted octanol–water partition coefficient (Wildman–Crippen LogP) is 5.31. The van der Waals surface area contributed by atoms with Crippen LogP contribution in [0.4, 0.5) is 20.7 Å². The van der Waals surface area contributed by atoms with Crippen LogP contribution in [0.2, 0.25) is 5.02 Å². The molecule has 1 saturated carbocycles. The number of anilines is 2. The van der Waals surface area contributed by atoms with Crippen LogP contribution in [-0.4, -0.2) is 46.5 Å². The molecule has 1 saturated heterocycles. The summed E-state index contributed by atoms with van der Waals surface area (Å²) in [6.07, 6.45) is 4.32. The van der Waals surface area contributed by atoms with Crippen LogP contribution in [0.1, 0.15) is 55.7 Å². The molecule has 4 N–H and O–H groups in total. The van der Waals surface area contributed by atoms with Crippen molar-refractivity contribution in [2.24, 2.45) is 11.7 Å². The molecule has 1 aliphatic heterocycles. The lowest BCUT2D eigenvalue weighted by Gasteiger charge is -2.32. The molecule has 12 heteroatoms. The summed E-state index contributed by atoms with van der Waals surface area (Å²) in [4.78, 5) is 43.7. The molecule has 3 aromatic rings. The Morgan fingerprint density at radius 1 is 1.16 bits per heavy atom. The van der Waals surface area contributed by atoms with Crippen LogP contribution in [0, 0.1) is 23.1 Å². The molecule has 2 heterocycles. The van der Waals surface area contributed by atoms with E-state index in [1.165, 1.54) is 36.2 Å². The number of carbonyl (C=O) groups is 3. The highest BCUT2D eigenvalue weighted by Gasteiger charge is 2.42. The Balaban J connectivity index is 1.41. The number of urea groups is 1. The zero-order valence-electron chi connectivity index (χ0n) is 24.1. The standard InChI is InChI=1S/C32H32ClFN6O4/c1-19(41)44-25-15-28(40(18-25)31(43)39-29-10-8-24(33)17-37-29)30(42)38-27-14-23(7-9-26(27)34)32(36,12-11-20-5-6-20)22-4-2-3-21(13-22)16-35/h2-4,7-10,13-14,17,20,25,28H,5-6,11-12,15,18,36H2,1H3,(H,38,42)(H,37,39,43)/t25-,28-,32?/m1/s1. The maximum absolute atomic E-state index is 15.2. The van der Waals surface area contributed by atoms with Gasteiger partial charge in [-0.05, 0) is 66.3 Å². The number of benzene rings is 2. The van der Waals surface area contributed by atoms with Crippen molar-refractivity contribution >= 4 is 41.0 Å². The molecule has 2 fully saturated rings. The van der Waals surface area contributed by atoms with Crippen molar-refractivity contribution in [2.45, 2.75) is 56.7 Å². The first-order valence-electron chi connectivity index (χ1n) is 14.3. The van der Waals surface area contributed by atoms with Crippen LogP contribution in [0.5, 0.6) is 0 Å². The average molecular weight is 619 g/mol. The first-order chi connectivity index (χ1) is 21.0. The topological polar surface area (TPSA) is 150 Å². The Labute approximate surface area is 259 Å². The Bertz CT molecular complexity index is 1610. The SMILES string of the molecule is CC(=O)O[C@@H]1C[C@H](C(=O)Nc2cc(C(N)(CCC3CC3)c3cccc(C#N)c3)ccc2F)N(C(=O)Nc2ccc(Cl)cn2)C1. The van der Waals surface area contributed by atoms with E-state index in [2.05, 4.69) is 21.7 Å². The summed E-state index contributed by atoms with van der Waals surface area (Å²) in [6.45, 7) is 1.19. The van der Waals surface area contributed by atoms with Crippen molar-refractivity contribution in [3.8, 4) is 6.07 Å². The number of esters is 1. The summed E-state index contributed by atoms with van der Waals surface area (Å²) >= 11 is 5.88. The van der Waals surface area contributed by atoms with Gasteiger partial charge in [0.05, 0.1) is 34.4 Å². The van der Waals surface area contributed by atoms with Gasteiger partial charge in [0.2, 0.25) is 5.91 Å². The van der Waals surface area contributed by atoms with Gasteiger partial charge in [-0.25, -0.2) is 14.2 Å². The molecular weight excluding hydrogens is 587 g/mol. The fourth-order valence-corrected chi connectivity index (χ4v) is 5.61. The first-order valence-corrected chi connectivity index (χ1v) is 14.7. The highest BCUT2D eigenvalue weighted by atomic mass is 35.5. The van der Waals surface area contributed by atoms with Gasteiger partial charge >= 0.3 is 12.0 Å². The molecule has 1 aromatic heterocycles. The van der Waals surface area contributed by atoms with Crippen LogP contribution < -0.4 is 16.4 Å². The smallest absolute Gasteiger partial charge is 0.323 e. The molecule has 1 aliphatic carbocycles. The maximum atomic E-state index is 15.2. The van der Waals surface area contributed by atoms with E-state index >= 15 is 4.39 Å². The molecular formula is C32H32ClFN6O4. The molecule has 0 radical (unpaired) electrons. The van der Waals surface area contributed by atoms with Crippen LogP contribution in [0.25, 0.3) is 0 Å². The molecule has 228 valence electrons. The Kier molecular flexibility index (Phi) is 9.13. The quantitative estimate of drug-likeness (QED) is 0.275. The van der Waals surface area contributed by atoms with E-state index in [0.717, 1.165) is 19.3 Å². The summed E-state index contributed by atoms with van der Waals surface area (Å²) < 4.78 is 20.5. The van der Waals surface area contributed by atoms with Crippen molar-refractivity contribution < 1.29 is 23.5 Å². The Morgan fingerprint density at radius 3 is 2.61 bits per heavy atom. The highest BCUT2D eigenvalue weighted by molar-refractivity contribution is 6.30. The highest BCUT2D eigenvalue weighted by Crippen LogP contribution is 2.40. The van der Waals surface area contributed by atoms with Gasteiger partial charge in [-0.15, -0.1) is 0 Å². The lowest BCUT2D eigenvalue weighted by atomic mass is 9.79. The molecule has 0 spiro atoms. The number of pyridine rings is 1. The largest absolute Gasteiger partial charge is 0.461 e. The van der Waals surface area contributed by atoms with E-state index in [1.807, 2.05) is 6.07 Å². The number of amides is 3. The number of rotatable bonds is 9. The van der Waals surface area contributed by atoms with Gasteiger partial charge in [0, 0.05) is 19.5 Å². The number of nitrogens with two attached hydrogens (primary N) is 1. The number of ether oxygens (including phenoxy) is 1. The van der Waals surface area contributed by atoms with Crippen LogP contribution in [0.3, 0.4) is 0 Å². The molecule has 10 nitrogen and oxygen atoms in total.